The van der Waals surface area contributed by atoms with Gasteiger partial charge in [-0.15, -0.1) is 0 Å². The summed E-state index contributed by atoms with van der Waals surface area (Å²) in [5.41, 5.74) is 9.69. The molecule has 1 aliphatic rings. The standard InChI is InChI=1S/C11H14N2O2/c1-6-9(11(14)15-2)10(12)7-4-3-5-8(7)13-6/h3-5H2,1-2H3,(H2,12,13). The van der Waals surface area contributed by atoms with Crippen molar-refractivity contribution in [3.8, 4) is 0 Å². The monoisotopic (exact) mass is 206 g/mol. The van der Waals surface area contributed by atoms with E-state index >= 15 is 0 Å². The van der Waals surface area contributed by atoms with E-state index in [2.05, 4.69) is 4.98 Å². The maximum atomic E-state index is 11.5. The lowest BCUT2D eigenvalue weighted by Crippen LogP contribution is -2.12. The van der Waals surface area contributed by atoms with Crippen LogP contribution in [0.1, 0.15) is 33.7 Å². The number of ether oxygens (including phenoxy) is 1. The lowest BCUT2D eigenvalue weighted by Gasteiger charge is -2.11. The Kier molecular flexibility index (Phi) is 2.34. The Morgan fingerprint density at radius 3 is 2.87 bits per heavy atom. The molecule has 0 unspecified atom stereocenters. The maximum Gasteiger partial charge on any atom is 0.341 e. The van der Waals surface area contributed by atoms with Crippen LogP contribution in [0.25, 0.3) is 0 Å². The van der Waals surface area contributed by atoms with Crippen molar-refractivity contribution in [1.82, 2.24) is 4.98 Å². The molecule has 0 saturated carbocycles. The number of carbonyl (C=O) groups is 1. The molecule has 1 aliphatic carbocycles. The van der Waals surface area contributed by atoms with Crippen LogP contribution in [0.4, 0.5) is 5.69 Å². The van der Waals surface area contributed by atoms with Crippen molar-refractivity contribution in [1.29, 1.82) is 0 Å². The van der Waals surface area contributed by atoms with Gasteiger partial charge in [0.2, 0.25) is 0 Å². The molecule has 1 aromatic rings. The Bertz CT molecular complexity index is 427. The summed E-state index contributed by atoms with van der Waals surface area (Å²) in [5.74, 6) is -0.396. The Balaban J connectivity index is 2.61. The average Bonchev–Trinajstić information content (AvgIpc) is 2.65. The van der Waals surface area contributed by atoms with Crippen LogP contribution >= 0.6 is 0 Å². The number of rotatable bonds is 1. The van der Waals surface area contributed by atoms with Gasteiger partial charge >= 0.3 is 5.97 Å². The zero-order valence-corrected chi connectivity index (χ0v) is 8.96. The lowest BCUT2D eigenvalue weighted by atomic mass is 10.1. The molecule has 0 saturated heterocycles. The fourth-order valence-corrected chi connectivity index (χ4v) is 2.11. The van der Waals surface area contributed by atoms with E-state index in [0.717, 1.165) is 30.5 Å². The SMILES string of the molecule is COC(=O)c1c(C)nc2c(c1N)CCC2. The van der Waals surface area contributed by atoms with Crippen LogP contribution in [-0.4, -0.2) is 18.1 Å². The minimum atomic E-state index is -0.396. The molecule has 0 atom stereocenters. The first-order valence-electron chi connectivity index (χ1n) is 5.01. The Hall–Kier alpha value is -1.58. The van der Waals surface area contributed by atoms with Crippen LogP contribution in [0, 0.1) is 6.92 Å². The summed E-state index contributed by atoms with van der Waals surface area (Å²) in [6.45, 7) is 1.79. The number of methoxy groups -OCH3 is 1. The van der Waals surface area contributed by atoms with E-state index in [4.69, 9.17) is 10.5 Å². The topological polar surface area (TPSA) is 65.2 Å². The molecule has 1 heterocycles. The van der Waals surface area contributed by atoms with Crippen LogP contribution in [0.5, 0.6) is 0 Å². The van der Waals surface area contributed by atoms with E-state index < -0.39 is 5.97 Å². The van der Waals surface area contributed by atoms with Crippen molar-refractivity contribution in [2.45, 2.75) is 26.2 Å². The molecule has 0 radical (unpaired) electrons. The number of nitrogens with two attached hydrogens (primary N) is 1. The highest BCUT2D eigenvalue weighted by Crippen LogP contribution is 2.30. The molecule has 4 heteroatoms. The smallest absolute Gasteiger partial charge is 0.341 e. The van der Waals surface area contributed by atoms with E-state index in [1.807, 2.05) is 0 Å². The van der Waals surface area contributed by atoms with Crippen molar-refractivity contribution in [3.63, 3.8) is 0 Å². The van der Waals surface area contributed by atoms with E-state index in [1.165, 1.54) is 7.11 Å². The first-order chi connectivity index (χ1) is 7.15. The van der Waals surface area contributed by atoms with Gasteiger partial charge in [0.15, 0.2) is 0 Å². The van der Waals surface area contributed by atoms with Crippen molar-refractivity contribution in [2.24, 2.45) is 0 Å². The summed E-state index contributed by atoms with van der Waals surface area (Å²) >= 11 is 0. The molecule has 2 rings (SSSR count). The van der Waals surface area contributed by atoms with Gasteiger partial charge in [0.25, 0.3) is 0 Å². The van der Waals surface area contributed by atoms with E-state index in [0.29, 0.717) is 16.9 Å². The Labute approximate surface area is 88.4 Å². The van der Waals surface area contributed by atoms with Crippen LogP contribution in [-0.2, 0) is 17.6 Å². The Morgan fingerprint density at radius 2 is 2.20 bits per heavy atom. The quantitative estimate of drug-likeness (QED) is 0.702. The lowest BCUT2D eigenvalue weighted by molar-refractivity contribution is 0.0600. The summed E-state index contributed by atoms with van der Waals surface area (Å²) in [5, 5.41) is 0. The molecule has 0 fully saturated rings. The van der Waals surface area contributed by atoms with Gasteiger partial charge in [-0.25, -0.2) is 4.79 Å². The molecular formula is C11H14N2O2. The number of aryl methyl sites for hydroxylation is 2. The average molecular weight is 206 g/mol. The van der Waals surface area contributed by atoms with Crippen molar-refractivity contribution < 1.29 is 9.53 Å². The van der Waals surface area contributed by atoms with E-state index in [9.17, 15) is 4.79 Å². The first kappa shape index (κ1) is 9.96. The Morgan fingerprint density at radius 1 is 1.47 bits per heavy atom. The zero-order valence-electron chi connectivity index (χ0n) is 8.96. The molecule has 0 aromatic carbocycles. The van der Waals surface area contributed by atoms with E-state index in [1.54, 1.807) is 6.92 Å². The highest BCUT2D eigenvalue weighted by atomic mass is 16.5. The summed E-state index contributed by atoms with van der Waals surface area (Å²) < 4.78 is 4.70. The van der Waals surface area contributed by atoms with Crippen molar-refractivity contribution >= 4 is 11.7 Å². The van der Waals surface area contributed by atoms with Crippen molar-refractivity contribution in [2.75, 3.05) is 12.8 Å². The molecule has 0 spiro atoms. The molecule has 15 heavy (non-hydrogen) atoms. The number of carbonyl (C=O) groups excluding carboxylic acids is 1. The van der Waals surface area contributed by atoms with Gasteiger partial charge in [-0.1, -0.05) is 0 Å². The van der Waals surface area contributed by atoms with Crippen LogP contribution in [0.15, 0.2) is 0 Å². The van der Waals surface area contributed by atoms with Crippen LogP contribution in [0.2, 0.25) is 0 Å². The maximum absolute atomic E-state index is 11.5. The number of fused-ring (bicyclic) bond motifs is 1. The fraction of sp³-hybridized carbons (Fsp3) is 0.455. The van der Waals surface area contributed by atoms with E-state index in [-0.39, 0.29) is 0 Å². The number of esters is 1. The second kappa shape index (κ2) is 3.53. The second-order valence-electron chi connectivity index (χ2n) is 3.76. The predicted octanol–water partition coefficient (Wildman–Crippen LogP) is 1.25. The number of pyridine rings is 1. The number of hydrogen-bond donors (Lipinski definition) is 1. The van der Waals surface area contributed by atoms with Gasteiger partial charge in [0.05, 0.1) is 18.5 Å². The molecule has 1 aromatic heterocycles. The summed E-state index contributed by atoms with van der Waals surface area (Å²) in [4.78, 5) is 15.9. The summed E-state index contributed by atoms with van der Waals surface area (Å²) in [6.07, 6.45) is 2.94. The third-order valence-electron chi connectivity index (χ3n) is 2.84. The molecule has 2 N–H and O–H groups in total. The molecule has 0 bridgehead atoms. The minimum absolute atomic E-state index is 0.396. The molecule has 0 amide bonds. The van der Waals surface area contributed by atoms with Gasteiger partial charge in [-0.05, 0) is 31.7 Å². The number of anilines is 1. The fourth-order valence-electron chi connectivity index (χ4n) is 2.11. The normalized spacial score (nSPS) is 13.7. The molecule has 80 valence electrons. The molecular weight excluding hydrogens is 192 g/mol. The van der Waals surface area contributed by atoms with Gasteiger partial charge in [0, 0.05) is 5.69 Å². The van der Waals surface area contributed by atoms with Crippen molar-refractivity contribution in [3.05, 3.63) is 22.5 Å². The zero-order chi connectivity index (χ0) is 11.0. The highest BCUT2D eigenvalue weighted by molar-refractivity contribution is 5.97. The van der Waals surface area contributed by atoms with Gasteiger partial charge in [0.1, 0.15) is 5.56 Å². The first-order valence-corrected chi connectivity index (χ1v) is 5.01. The number of hydrogen-bond acceptors (Lipinski definition) is 4. The summed E-state index contributed by atoms with van der Waals surface area (Å²) in [6, 6.07) is 0. The number of nitrogens with zero attached hydrogens (tertiary/aromatic N) is 1. The summed E-state index contributed by atoms with van der Waals surface area (Å²) in [7, 11) is 1.36. The largest absolute Gasteiger partial charge is 0.465 e. The highest BCUT2D eigenvalue weighted by Gasteiger charge is 2.23. The van der Waals surface area contributed by atoms with Gasteiger partial charge < -0.3 is 10.5 Å². The van der Waals surface area contributed by atoms with Gasteiger partial charge in [-0.2, -0.15) is 0 Å². The van der Waals surface area contributed by atoms with Gasteiger partial charge in [-0.3, -0.25) is 4.98 Å². The third kappa shape index (κ3) is 1.46. The van der Waals surface area contributed by atoms with Crippen LogP contribution in [0.3, 0.4) is 0 Å². The third-order valence-corrected chi connectivity index (χ3v) is 2.84. The number of nitrogen functional groups attached to an aromatic ring is 1. The second-order valence-corrected chi connectivity index (χ2v) is 3.76. The van der Waals surface area contributed by atoms with Crippen LogP contribution < -0.4 is 5.73 Å². The predicted molar refractivity (Wildman–Crippen MR) is 56.8 cm³/mol. The minimum Gasteiger partial charge on any atom is -0.465 e. The molecule has 0 aliphatic heterocycles. The number of aromatic nitrogens is 1. The molecule has 4 nitrogen and oxygen atoms in total.